The van der Waals surface area contributed by atoms with Crippen LogP contribution >= 0.6 is 23.2 Å². The Kier molecular flexibility index (Phi) is 5.58. The van der Waals surface area contributed by atoms with Gasteiger partial charge in [0.1, 0.15) is 5.75 Å². The Morgan fingerprint density at radius 2 is 1.82 bits per heavy atom. The fourth-order valence-electron chi connectivity index (χ4n) is 2.65. The standard InChI is InChI=1S/C19H16Cl2N4O3/c1-10(22-23-18(27)12-3-6-14(26)7-4-12)17-11(2)24-25(19(17)28)13-5-8-15(20)16(21)9-13/h3-9,24,26H,1-2H3,(H,23,27)/b22-10+. The van der Waals surface area contributed by atoms with Crippen LogP contribution < -0.4 is 11.0 Å². The second-order valence-corrected chi connectivity index (χ2v) is 6.85. The predicted molar refractivity (Wildman–Crippen MR) is 109 cm³/mol. The van der Waals surface area contributed by atoms with Gasteiger partial charge < -0.3 is 5.11 Å². The van der Waals surface area contributed by atoms with Crippen molar-refractivity contribution in [1.29, 1.82) is 0 Å². The number of aromatic amines is 1. The molecule has 3 rings (SSSR count). The molecule has 0 saturated heterocycles. The van der Waals surface area contributed by atoms with Gasteiger partial charge in [0.05, 0.1) is 27.0 Å². The second kappa shape index (κ2) is 7.92. The third kappa shape index (κ3) is 3.95. The Morgan fingerprint density at radius 1 is 1.14 bits per heavy atom. The van der Waals surface area contributed by atoms with Crippen LogP contribution in [0.3, 0.4) is 0 Å². The third-order valence-corrected chi connectivity index (χ3v) is 4.79. The number of amides is 1. The van der Waals surface area contributed by atoms with Crippen LogP contribution in [0.4, 0.5) is 0 Å². The zero-order valence-corrected chi connectivity index (χ0v) is 16.5. The van der Waals surface area contributed by atoms with Gasteiger partial charge in [-0.3, -0.25) is 14.7 Å². The summed E-state index contributed by atoms with van der Waals surface area (Å²) >= 11 is 12.0. The number of carbonyl (C=O) groups excluding carboxylic acids is 1. The molecule has 9 heteroatoms. The zero-order valence-electron chi connectivity index (χ0n) is 15.0. The number of H-pyrrole nitrogens is 1. The molecule has 0 bridgehead atoms. The van der Waals surface area contributed by atoms with Gasteiger partial charge in [-0.2, -0.15) is 5.10 Å². The monoisotopic (exact) mass is 418 g/mol. The maximum absolute atomic E-state index is 12.8. The molecule has 1 heterocycles. The summed E-state index contributed by atoms with van der Waals surface area (Å²) in [7, 11) is 0. The molecule has 0 aliphatic heterocycles. The summed E-state index contributed by atoms with van der Waals surface area (Å²) in [6, 6.07) is 10.6. The Hall–Kier alpha value is -3.03. The quantitative estimate of drug-likeness (QED) is 0.445. The highest BCUT2D eigenvalue weighted by Crippen LogP contribution is 2.24. The molecule has 0 saturated carbocycles. The van der Waals surface area contributed by atoms with Crippen LogP contribution in [0.2, 0.25) is 10.0 Å². The summed E-state index contributed by atoms with van der Waals surface area (Å²) in [6.45, 7) is 3.35. The summed E-state index contributed by atoms with van der Waals surface area (Å²) in [4.78, 5) is 25.0. The number of hydrogen-bond acceptors (Lipinski definition) is 4. The summed E-state index contributed by atoms with van der Waals surface area (Å²) in [5.74, 6) is -0.403. The average molecular weight is 419 g/mol. The Labute approximate surface area is 170 Å². The van der Waals surface area contributed by atoms with Crippen LogP contribution in [0.15, 0.2) is 52.4 Å². The number of phenols is 1. The van der Waals surface area contributed by atoms with Gasteiger partial charge in [0, 0.05) is 11.3 Å². The molecule has 1 aromatic heterocycles. The molecule has 3 N–H and O–H groups in total. The maximum atomic E-state index is 12.8. The molecule has 3 aromatic rings. The van der Waals surface area contributed by atoms with Gasteiger partial charge in [-0.15, -0.1) is 0 Å². The van der Waals surface area contributed by atoms with E-state index in [9.17, 15) is 14.7 Å². The molecule has 28 heavy (non-hydrogen) atoms. The van der Waals surface area contributed by atoms with E-state index in [2.05, 4.69) is 15.6 Å². The van der Waals surface area contributed by atoms with Crippen LogP contribution in [-0.2, 0) is 0 Å². The lowest BCUT2D eigenvalue weighted by atomic mass is 10.2. The van der Waals surface area contributed by atoms with Crippen LogP contribution in [0, 0.1) is 6.92 Å². The zero-order chi connectivity index (χ0) is 20.4. The summed E-state index contributed by atoms with van der Waals surface area (Å²) < 4.78 is 1.33. The Bertz CT molecular complexity index is 1130. The first-order chi connectivity index (χ1) is 13.3. The Balaban J connectivity index is 1.88. The Morgan fingerprint density at radius 3 is 2.46 bits per heavy atom. The van der Waals surface area contributed by atoms with E-state index < -0.39 is 5.91 Å². The molecule has 0 spiro atoms. The number of nitrogens with one attached hydrogen (secondary N) is 2. The van der Waals surface area contributed by atoms with E-state index in [4.69, 9.17) is 23.2 Å². The van der Waals surface area contributed by atoms with Crippen molar-refractivity contribution < 1.29 is 9.90 Å². The first-order valence-electron chi connectivity index (χ1n) is 8.19. The average Bonchev–Trinajstić information content (AvgIpc) is 2.96. The first kappa shape index (κ1) is 19.7. The summed E-state index contributed by atoms with van der Waals surface area (Å²) in [6.07, 6.45) is 0. The molecular weight excluding hydrogens is 403 g/mol. The minimum atomic E-state index is -0.461. The minimum absolute atomic E-state index is 0.0574. The molecule has 0 aliphatic rings. The van der Waals surface area contributed by atoms with Crippen LogP contribution in [0.5, 0.6) is 5.75 Å². The molecule has 7 nitrogen and oxygen atoms in total. The number of benzene rings is 2. The van der Waals surface area contributed by atoms with Crippen molar-refractivity contribution in [1.82, 2.24) is 15.2 Å². The molecular formula is C19H16Cl2N4O3. The number of aromatic hydroxyl groups is 1. The molecule has 0 fully saturated rings. The number of aromatic nitrogens is 2. The number of carbonyl (C=O) groups is 1. The van der Waals surface area contributed by atoms with Gasteiger partial charge in [-0.05, 0) is 56.3 Å². The highest BCUT2D eigenvalue weighted by molar-refractivity contribution is 6.42. The van der Waals surface area contributed by atoms with Crippen molar-refractivity contribution in [2.24, 2.45) is 5.10 Å². The number of rotatable bonds is 4. The van der Waals surface area contributed by atoms with Gasteiger partial charge in [0.15, 0.2) is 0 Å². The highest BCUT2D eigenvalue weighted by Gasteiger charge is 2.16. The topological polar surface area (TPSA) is 99.5 Å². The minimum Gasteiger partial charge on any atom is -0.508 e. The van der Waals surface area contributed by atoms with Crippen molar-refractivity contribution in [2.75, 3.05) is 0 Å². The normalized spacial score (nSPS) is 11.5. The summed E-state index contributed by atoms with van der Waals surface area (Å²) in [5.41, 5.74) is 4.16. The second-order valence-electron chi connectivity index (χ2n) is 6.04. The van der Waals surface area contributed by atoms with Gasteiger partial charge in [0.25, 0.3) is 11.5 Å². The van der Waals surface area contributed by atoms with E-state index in [0.29, 0.717) is 38.3 Å². The van der Waals surface area contributed by atoms with Crippen LogP contribution in [0.25, 0.3) is 5.69 Å². The largest absolute Gasteiger partial charge is 0.508 e. The van der Waals surface area contributed by atoms with Crippen molar-refractivity contribution in [3.63, 3.8) is 0 Å². The number of nitrogens with zero attached hydrogens (tertiary/aromatic N) is 2. The number of phenolic OH excluding ortho intramolecular Hbond substituents is 1. The van der Waals surface area contributed by atoms with Gasteiger partial charge in [-0.1, -0.05) is 23.2 Å². The molecule has 1 amide bonds. The molecule has 0 atom stereocenters. The molecule has 2 aromatic carbocycles. The first-order valence-corrected chi connectivity index (χ1v) is 8.94. The molecule has 0 radical (unpaired) electrons. The van der Waals surface area contributed by atoms with E-state index >= 15 is 0 Å². The lowest BCUT2D eigenvalue weighted by Crippen LogP contribution is -2.23. The fraction of sp³-hybridized carbons (Fsp3) is 0.105. The summed E-state index contributed by atoms with van der Waals surface area (Å²) in [5, 5.41) is 17.0. The van der Waals surface area contributed by atoms with E-state index in [1.165, 1.54) is 28.9 Å². The smallest absolute Gasteiger partial charge is 0.280 e. The molecule has 0 unspecified atom stereocenters. The van der Waals surface area contributed by atoms with E-state index in [0.717, 1.165) is 0 Å². The van der Waals surface area contributed by atoms with Crippen molar-refractivity contribution in [3.8, 4) is 11.4 Å². The number of halogens is 2. The fourth-order valence-corrected chi connectivity index (χ4v) is 2.94. The lowest BCUT2D eigenvalue weighted by Gasteiger charge is -2.03. The van der Waals surface area contributed by atoms with Crippen LogP contribution in [-0.4, -0.2) is 26.5 Å². The lowest BCUT2D eigenvalue weighted by molar-refractivity contribution is 0.0955. The molecule has 144 valence electrons. The predicted octanol–water partition coefficient (Wildman–Crippen LogP) is 3.64. The SMILES string of the molecule is C/C(=N\NC(=O)c1ccc(O)cc1)c1c(C)[nH]n(-c2ccc(Cl)c(Cl)c2)c1=O. The van der Waals surface area contributed by atoms with Gasteiger partial charge in [0.2, 0.25) is 0 Å². The van der Waals surface area contributed by atoms with E-state index in [1.54, 1.807) is 32.0 Å². The van der Waals surface area contributed by atoms with E-state index in [-0.39, 0.29) is 11.3 Å². The molecule has 0 aliphatic carbocycles. The van der Waals surface area contributed by atoms with E-state index in [1.807, 2.05) is 0 Å². The maximum Gasteiger partial charge on any atom is 0.280 e. The highest BCUT2D eigenvalue weighted by atomic mass is 35.5. The van der Waals surface area contributed by atoms with Crippen LogP contribution in [0.1, 0.15) is 28.5 Å². The number of aryl methyl sites for hydroxylation is 1. The van der Waals surface area contributed by atoms with Gasteiger partial charge >= 0.3 is 0 Å². The van der Waals surface area contributed by atoms with Gasteiger partial charge in [-0.25, -0.2) is 10.1 Å². The number of hydrazone groups is 1. The van der Waals surface area contributed by atoms with Crippen molar-refractivity contribution in [2.45, 2.75) is 13.8 Å². The van der Waals surface area contributed by atoms with Crippen molar-refractivity contribution in [3.05, 3.63) is 79.7 Å². The number of hydrogen-bond donors (Lipinski definition) is 3. The van der Waals surface area contributed by atoms with Crippen molar-refractivity contribution >= 4 is 34.8 Å². The third-order valence-electron chi connectivity index (χ3n) is 4.05.